The number of aryl methyl sites for hydroxylation is 2. The van der Waals surface area contributed by atoms with Crippen LogP contribution in [-0.4, -0.2) is 42.9 Å². The number of amides is 2. The van der Waals surface area contributed by atoms with Crippen molar-refractivity contribution in [3.8, 4) is 0 Å². The maximum atomic E-state index is 13.0. The van der Waals surface area contributed by atoms with Crippen molar-refractivity contribution in [1.82, 2.24) is 4.90 Å². The largest absolute Gasteiger partial charge is 0.455 e. The summed E-state index contributed by atoms with van der Waals surface area (Å²) in [5.41, 5.74) is 2.76. The molecule has 0 saturated heterocycles. The van der Waals surface area contributed by atoms with E-state index in [1.54, 1.807) is 12.1 Å². The number of nitrogens with one attached hydrogen (secondary N) is 1. The van der Waals surface area contributed by atoms with Gasteiger partial charge >= 0.3 is 5.97 Å². The molecular weight excluding hydrogens is 428 g/mol. The van der Waals surface area contributed by atoms with E-state index in [4.69, 9.17) is 16.3 Å². The molecule has 0 bridgehead atoms. The number of esters is 1. The molecule has 32 heavy (non-hydrogen) atoms. The number of anilines is 1. The molecule has 3 rings (SSSR count). The fourth-order valence-corrected chi connectivity index (χ4v) is 4.35. The smallest absolute Gasteiger partial charge is 0.317 e. The second kappa shape index (κ2) is 10.2. The summed E-state index contributed by atoms with van der Waals surface area (Å²) in [7, 11) is 1.52. The third-order valence-corrected chi connectivity index (χ3v) is 6.38. The number of nitrogens with zero attached hydrogens (tertiary/aromatic N) is 1. The number of carbonyl (C=O) groups excluding carboxylic acids is 3. The summed E-state index contributed by atoms with van der Waals surface area (Å²) in [4.78, 5) is 39.2. The highest BCUT2D eigenvalue weighted by molar-refractivity contribution is 6.30. The van der Waals surface area contributed by atoms with Gasteiger partial charge in [-0.15, -0.1) is 0 Å². The van der Waals surface area contributed by atoms with Crippen LogP contribution in [0.3, 0.4) is 0 Å². The van der Waals surface area contributed by atoms with Gasteiger partial charge in [-0.25, -0.2) is 0 Å². The van der Waals surface area contributed by atoms with Gasteiger partial charge in [0.1, 0.15) is 0 Å². The highest BCUT2D eigenvalue weighted by atomic mass is 35.5. The Bertz CT molecular complexity index is 977. The average Bonchev–Trinajstić information content (AvgIpc) is 3.26. The molecule has 1 N–H and O–H groups in total. The Kier molecular flexibility index (Phi) is 7.56. The third kappa shape index (κ3) is 5.30. The van der Waals surface area contributed by atoms with Crippen LogP contribution >= 0.6 is 11.6 Å². The predicted molar refractivity (Wildman–Crippen MR) is 125 cm³/mol. The van der Waals surface area contributed by atoms with Gasteiger partial charge in [-0.05, 0) is 55.5 Å². The van der Waals surface area contributed by atoms with Gasteiger partial charge in [0.2, 0.25) is 5.91 Å². The van der Waals surface area contributed by atoms with E-state index < -0.39 is 23.9 Å². The number of likely N-dealkylation sites (N-methyl/N-ethyl adjacent to an activating group) is 1. The van der Waals surface area contributed by atoms with Gasteiger partial charge in [-0.1, -0.05) is 54.8 Å². The van der Waals surface area contributed by atoms with Crippen LogP contribution in [-0.2, 0) is 24.5 Å². The van der Waals surface area contributed by atoms with E-state index in [0.717, 1.165) is 35.2 Å². The molecule has 7 heteroatoms. The maximum absolute atomic E-state index is 13.0. The van der Waals surface area contributed by atoms with Crippen LogP contribution in [0.25, 0.3) is 0 Å². The number of para-hydroxylation sites is 1. The van der Waals surface area contributed by atoms with E-state index in [1.807, 2.05) is 44.2 Å². The molecule has 1 aliphatic rings. The minimum atomic E-state index is -0.747. The molecule has 2 aromatic carbocycles. The molecule has 1 saturated carbocycles. The zero-order valence-corrected chi connectivity index (χ0v) is 19.5. The first-order valence-corrected chi connectivity index (χ1v) is 11.1. The number of ether oxygens (including phenoxy) is 1. The van der Waals surface area contributed by atoms with Crippen molar-refractivity contribution in [3.05, 3.63) is 64.2 Å². The number of hydrogen-bond acceptors (Lipinski definition) is 4. The van der Waals surface area contributed by atoms with Crippen molar-refractivity contribution in [1.29, 1.82) is 0 Å². The van der Waals surface area contributed by atoms with E-state index in [2.05, 4.69) is 5.32 Å². The lowest BCUT2D eigenvalue weighted by Crippen LogP contribution is -2.40. The van der Waals surface area contributed by atoms with E-state index in [1.165, 1.54) is 11.9 Å². The molecule has 170 valence electrons. The van der Waals surface area contributed by atoms with Gasteiger partial charge in [-0.3, -0.25) is 14.4 Å². The van der Waals surface area contributed by atoms with Gasteiger partial charge in [0.25, 0.3) is 5.91 Å². The Balaban J connectivity index is 1.57. The monoisotopic (exact) mass is 456 g/mol. The Morgan fingerprint density at radius 3 is 2.22 bits per heavy atom. The minimum absolute atomic E-state index is 0.132. The molecule has 6 nitrogen and oxygen atoms in total. The first kappa shape index (κ1) is 23.8. The molecule has 2 amide bonds. The summed E-state index contributed by atoms with van der Waals surface area (Å²) < 4.78 is 5.44. The molecule has 0 aromatic heterocycles. The lowest BCUT2D eigenvalue weighted by atomic mass is 9.79. The quantitative estimate of drug-likeness (QED) is 0.626. The Morgan fingerprint density at radius 2 is 1.62 bits per heavy atom. The van der Waals surface area contributed by atoms with Crippen LogP contribution in [0.15, 0.2) is 42.5 Å². The van der Waals surface area contributed by atoms with Gasteiger partial charge in [0, 0.05) is 17.8 Å². The number of rotatable bonds is 7. The Labute approximate surface area is 193 Å². The zero-order chi connectivity index (χ0) is 23.3. The highest BCUT2D eigenvalue weighted by Crippen LogP contribution is 2.42. The van der Waals surface area contributed by atoms with Crippen LogP contribution in [0.4, 0.5) is 5.69 Å². The van der Waals surface area contributed by atoms with Crippen LogP contribution in [0.1, 0.15) is 42.4 Å². The molecule has 2 aromatic rings. The lowest BCUT2D eigenvalue weighted by molar-refractivity contribution is -0.156. The van der Waals surface area contributed by atoms with Crippen LogP contribution in [0.2, 0.25) is 5.02 Å². The van der Waals surface area contributed by atoms with Crippen LogP contribution in [0, 0.1) is 13.8 Å². The van der Waals surface area contributed by atoms with Crippen molar-refractivity contribution < 1.29 is 19.1 Å². The number of benzene rings is 2. The van der Waals surface area contributed by atoms with Crippen LogP contribution in [0.5, 0.6) is 0 Å². The van der Waals surface area contributed by atoms with Crippen molar-refractivity contribution in [3.63, 3.8) is 0 Å². The number of halogens is 1. The SMILES string of the molecule is Cc1cccc(C)c1NC(=O)CN(C)C(=O)COC(=O)C1(c2ccc(Cl)cc2)CCCC1. The molecule has 0 unspecified atom stereocenters. The van der Waals surface area contributed by atoms with Gasteiger partial charge in [-0.2, -0.15) is 0 Å². The molecule has 0 spiro atoms. The third-order valence-electron chi connectivity index (χ3n) is 6.12. The fourth-order valence-electron chi connectivity index (χ4n) is 4.23. The summed E-state index contributed by atoms with van der Waals surface area (Å²) in [5, 5.41) is 3.46. The zero-order valence-electron chi connectivity index (χ0n) is 18.7. The van der Waals surface area contributed by atoms with E-state index in [9.17, 15) is 14.4 Å². The molecule has 0 heterocycles. The number of carbonyl (C=O) groups is 3. The summed E-state index contributed by atoms with van der Waals surface area (Å²) in [6, 6.07) is 13.0. The minimum Gasteiger partial charge on any atom is -0.455 e. The van der Waals surface area contributed by atoms with Gasteiger partial charge < -0.3 is 15.0 Å². The van der Waals surface area contributed by atoms with E-state index in [-0.39, 0.29) is 12.5 Å². The molecule has 0 aliphatic heterocycles. The van der Waals surface area contributed by atoms with Gasteiger partial charge in [0.05, 0.1) is 12.0 Å². The lowest BCUT2D eigenvalue weighted by Gasteiger charge is -2.27. The van der Waals surface area contributed by atoms with Crippen molar-refractivity contribution in [2.45, 2.75) is 44.9 Å². The maximum Gasteiger partial charge on any atom is 0.317 e. The molecule has 1 fully saturated rings. The standard InChI is InChI=1S/C25H29ClN2O4/c1-17-7-6-8-18(2)23(17)27-21(29)15-28(3)22(30)16-32-24(31)25(13-4-5-14-25)19-9-11-20(26)12-10-19/h6-12H,4-5,13-16H2,1-3H3,(H,27,29). The van der Waals surface area contributed by atoms with Crippen LogP contribution < -0.4 is 5.32 Å². The van der Waals surface area contributed by atoms with Crippen molar-refractivity contribution >= 4 is 35.1 Å². The Morgan fingerprint density at radius 1 is 1.03 bits per heavy atom. The molecule has 0 atom stereocenters. The second-order valence-corrected chi connectivity index (χ2v) is 8.87. The molecule has 1 aliphatic carbocycles. The summed E-state index contributed by atoms with van der Waals surface area (Å²) >= 11 is 5.99. The van der Waals surface area contributed by atoms with Gasteiger partial charge in [0.15, 0.2) is 6.61 Å². The fraction of sp³-hybridized carbons (Fsp3) is 0.400. The van der Waals surface area contributed by atoms with Crippen molar-refractivity contribution in [2.24, 2.45) is 0 Å². The molecule has 0 radical (unpaired) electrons. The summed E-state index contributed by atoms with van der Waals surface area (Å²) in [6.07, 6.45) is 3.19. The topological polar surface area (TPSA) is 75.7 Å². The normalized spacial score (nSPS) is 14.6. The first-order chi connectivity index (χ1) is 15.2. The molecular formula is C25H29ClN2O4. The van der Waals surface area contributed by atoms with Crippen molar-refractivity contribution in [2.75, 3.05) is 25.5 Å². The predicted octanol–water partition coefficient (Wildman–Crippen LogP) is 4.41. The van der Waals surface area contributed by atoms with E-state index >= 15 is 0 Å². The highest BCUT2D eigenvalue weighted by Gasteiger charge is 2.44. The summed E-state index contributed by atoms with van der Waals surface area (Å²) in [6.45, 7) is 3.29. The average molecular weight is 457 g/mol. The summed E-state index contributed by atoms with van der Waals surface area (Å²) in [5.74, 6) is -1.14. The van der Waals surface area contributed by atoms with E-state index in [0.29, 0.717) is 17.9 Å². The second-order valence-electron chi connectivity index (χ2n) is 8.44. The Hall–Kier alpha value is -2.86. The number of hydrogen-bond donors (Lipinski definition) is 1. The first-order valence-electron chi connectivity index (χ1n) is 10.8.